The molecule has 2 heterocycles. The first-order valence-electron chi connectivity index (χ1n) is 8.03. The zero-order valence-corrected chi connectivity index (χ0v) is 13.9. The number of fused-ring (bicyclic) bond motifs is 1. The van der Waals surface area contributed by atoms with Crippen molar-refractivity contribution in [2.24, 2.45) is 5.16 Å². The van der Waals surface area contributed by atoms with Gasteiger partial charge in [-0.15, -0.1) is 0 Å². The van der Waals surface area contributed by atoms with Gasteiger partial charge in [-0.25, -0.2) is 0 Å². The highest BCUT2D eigenvalue weighted by atomic mass is 35.5. The molecule has 0 amide bonds. The molecule has 0 aliphatic carbocycles. The van der Waals surface area contributed by atoms with Crippen molar-refractivity contribution in [1.82, 2.24) is 4.57 Å². The third kappa shape index (κ3) is 2.42. The molecule has 24 heavy (non-hydrogen) atoms. The third-order valence-corrected chi connectivity index (χ3v) is 4.83. The Balaban J connectivity index is 2.04. The summed E-state index contributed by atoms with van der Waals surface area (Å²) in [6, 6.07) is 18.2. The van der Waals surface area contributed by atoms with E-state index in [1.807, 2.05) is 30.3 Å². The van der Waals surface area contributed by atoms with E-state index < -0.39 is 0 Å². The van der Waals surface area contributed by atoms with Crippen molar-refractivity contribution in [2.75, 3.05) is 0 Å². The number of halogens is 1. The zero-order valence-electron chi connectivity index (χ0n) is 13.1. The van der Waals surface area contributed by atoms with Crippen LogP contribution < -0.4 is 0 Å². The van der Waals surface area contributed by atoms with Crippen LogP contribution in [-0.4, -0.2) is 16.0 Å². The van der Waals surface area contributed by atoms with Crippen LogP contribution in [0.15, 0.2) is 59.8 Å². The fraction of sp³-hybridized carbons (Fsp3) is 0.150. The van der Waals surface area contributed by atoms with Crippen molar-refractivity contribution < 1.29 is 5.21 Å². The summed E-state index contributed by atoms with van der Waals surface area (Å²) in [7, 11) is 0. The van der Waals surface area contributed by atoms with Crippen molar-refractivity contribution in [1.29, 1.82) is 0 Å². The zero-order chi connectivity index (χ0) is 16.5. The molecule has 0 spiro atoms. The lowest BCUT2D eigenvalue weighted by molar-refractivity contribution is 0.321. The lowest BCUT2D eigenvalue weighted by Crippen LogP contribution is -1.99. The van der Waals surface area contributed by atoms with E-state index in [0.29, 0.717) is 5.02 Å². The van der Waals surface area contributed by atoms with E-state index in [1.165, 1.54) is 16.8 Å². The summed E-state index contributed by atoms with van der Waals surface area (Å²) in [5.41, 5.74) is 6.85. The monoisotopic (exact) mass is 336 g/mol. The fourth-order valence-electron chi connectivity index (χ4n) is 3.62. The Labute approximate surface area is 145 Å². The number of hydrogen-bond acceptors (Lipinski definition) is 2. The van der Waals surface area contributed by atoms with Crippen LogP contribution >= 0.6 is 11.6 Å². The van der Waals surface area contributed by atoms with Crippen LogP contribution in [0, 0.1) is 0 Å². The number of aromatic nitrogens is 1. The van der Waals surface area contributed by atoms with E-state index in [-0.39, 0.29) is 0 Å². The standard InChI is InChI=1S/C20H17ClN2O/c21-16-10-8-15(9-11-16)20-18(13-22-24)23-12-4-7-17(23)19(20)14-5-2-1-3-6-14/h1-3,5-6,8-11,13,24H,4,7,12H2/b22-13+. The highest BCUT2D eigenvalue weighted by molar-refractivity contribution is 6.30. The van der Waals surface area contributed by atoms with Gasteiger partial charge in [-0.2, -0.15) is 0 Å². The predicted octanol–water partition coefficient (Wildman–Crippen LogP) is 5.23. The van der Waals surface area contributed by atoms with E-state index >= 15 is 0 Å². The van der Waals surface area contributed by atoms with Crippen LogP contribution in [0.5, 0.6) is 0 Å². The minimum Gasteiger partial charge on any atom is -0.411 e. The summed E-state index contributed by atoms with van der Waals surface area (Å²) < 4.78 is 2.27. The van der Waals surface area contributed by atoms with Gasteiger partial charge in [-0.3, -0.25) is 0 Å². The number of benzene rings is 2. The molecule has 0 fully saturated rings. The van der Waals surface area contributed by atoms with Gasteiger partial charge in [-0.05, 0) is 36.1 Å². The summed E-state index contributed by atoms with van der Waals surface area (Å²) in [4.78, 5) is 0. The Morgan fingerprint density at radius 1 is 0.958 bits per heavy atom. The molecular formula is C20H17ClN2O. The summed E-state index contributed by atoms with van der Waals surface area (Å²) in [5.74, 6) is 0. The maximum atomic E-state index is 9.18. The quantitative estimate of drug-likeness (QED) is 0.397. The summed E-state index contributed by atoms with van der Waals surface area (Å²) >= 11 is 6.06. The first-order valence-corrected chi connectivity index (χ1v) is 8.41. The maximum Gasteiger partial charge on any atom is 0.0905 e. The molecule has 0 bridgehead atoms. The van der Waals surface area contributed by atoms with Gasteiger partial charge < -0.3 is 9.77 Å². The SMILES string of the molecule is O/N=C/c1c(-c2ccc(Cl)cc2)c(-c2ccccc2)c2n1CCC2. The highest BCUT2D eigenvalue weighted by Crippen LogP contribution is 2.42. The second-order valence-electron chi connectivity index (χ2n) is 5.95. The van der Waals surface area contributed by atoms with Crippen LogP contribution in [0.25, 0.3) is 22.3 Å². The summed E-state index contributed by atoms with van der Waals surface area (Å²) in [6.07, 6.45) is 3.69. The molecule has 0 saturated heterocycles. The van der Waals surface area contributed by atoms with Gasteiger partial charge in [0.1, 0.15) is 0 Å². The van der Waals surface area contributed by atoms with Gasteiger partial charge in [-0.1, -0.05) is 59.2 Å². The molecule has 0 unspecified atom stereocenters. The maximum absolute atomic E-state index is 9.18. The van der Waals surface area contributed by atoms with Crippen LogP contribution in [0.4, 0.5) is 0 Å². The molecule has 4 rings (SSSR count). The van der Waals surface area contributed by atoms with Crippen molar-refractivity contribution in [2.45, 2.75) is 19.4 Å². The molecule has 1 N–H and O–H groups in total. The third-order valence-electron chi connectivity index (χ3n) is 4.58. The predicted molar refractivity (Wildman–Crippen MR) is 98.0 cm³/mol. The normalized spacial score (nSPS) is 13.5. The Bertz CT molecular complexity index is 896. The smallest absolute Gasteiger partial charge is 0.0905 e. The van der Waals surface area contributed by atoms with E-state index in [2.05, 4.69) is 34.0 Å². The van der Waals surface area contributed by atoms with Gasteiger partial charge in [0.25, 0.3) is 0 Å². The van der Waals surface area contributed by atoms with E-state index in [1.54, 1.807) is 6.21 Å². The number of nitrogens with zero attached hydrogens (tertiary/aromatic N) is 2. The van der Waals surface area contributed by atoms with Crippen LogP contribution in [-0.2, 0) is 13.0 Å². The van der Waals surface area contributed by atoms with E-state index in [0.717, 1.165) is 36.2 Å². The van der Waals surface area contributed by atoms with Crippen molar-refractivity contribution >= 4 is 17.8 Å². The minimum atomic E-state index is 0.712. The first kappa shape index (κ1) is 15.0. The molecule has 3 nitrogen and oxygen atoms in total. The molecular weight excluding hydrogens is 320 g/mol. The van der Waals surface area contributed by atoms with Gasteiger partial charge >= 0.3 is 0 Å². The molecule has 1 aliphatic rings. The Hall–Kier alpha value is -2.52. The Morgan fingerprint density at radius 2 is 1.67 bits per heavy atom. The van der Waals surface area contributed by atoms with Gasteiger partial charge in [0.15, 0.2) is 0 Å². The Morgan fingerprint density at radius 3 is 2.38 bits per heavy atom. The van der Waals surface area contributed by atoms with Gasteiger partial charge in [0.05, 0.1) is 11.9 Å². The van der Waals surface area contributed by atoms with Crippen LogP contribution in [0.2, 0.25) is 5.02 Å². The lowest BCUT2D eigenvalue weighted by atomic mass is 9.94. The average molecular weight is 337 g/mol. The molecule has 0 radical (unpaired) electrons. The van der Waals surface area contributed by atoms with Crippen molar-refractivity contribution in [3.63, 3.8) is 0 Å². The second-order valence-corrected chi connectivity index (χ2v) is 6.39. The number of oxime groups is 1. The molecule has 1 aromatic heterocycles. The van der Waals surface area contributed by atoms with Gasteiger partial charge in [0.2, 0.25) is 0 Å². The molecule has 3 aromatic rings. The van der Waals surface area contributed by atoms with E-state index in [9.17, 15) is 5.21 Å². The Kier molecular flexibility index (Phi) is 3.87. The fourth-order valence-corrected chi connectivity index (χ4v) is 3.75. The highest BCUT2D eigenvalue weighted by Gasteiger charge is 2.26. The minimum absolute atomic E-state index is 0.712. The van der Waals surface area contributed by atoms with E-state index in [4.69, 9.17) is 11.6 Å². The molecule has 0 atom stereocenters. The first-order chi connectivity index (χ1) is 11.8. The van der Waals surface area contributed by atoms with Crippen LogP contribution in [0.3, 0.4) is 0 Å². The molecule has 4 heteroatoms. The topological polar surface area (TPSA) is 37.5 Å². The molecule has 1 aliphatic heterocycles. The van der Waals surface area contributed by atoms with Gasteiger partial charge in [0, 0.05) is 28.4 Å². The van der Waals surface area contributed by atoms with Crippen molar-refractivity contribution in [3.8, 4) is 22.3 Å². The molecule has 120 valence electrons. The number of hydrogen-bond donors (Lipinski definition) is 1. The largest absolute Gasteiger partial charge is 0.411 e. The second kappa shape index (κ2) is 6.17. The molecule has 2 aromatic carbocycles. The summed E-state index contributed by atoms with van der Waals surface area (Å²) in [6.45, 7) is 0.949. The average Bonchev–Trinajstić information content (AvgIpc) is 3.18. The number of rotatable bonds is 3. The molecule has 0 saturated carbocycles. The summed E-state index contributed by atoms with van der Waals surface area (Å²) in [5, 5.41) is 13.2. The van der Waals surface area contributed by atoms with Crippen molar-refractivity contribution in [3.05, 3.63) is 71.0 Å². The van der Waals surface area contributed by atoms with Crippen LogP contribution in [0.1, 0.15) is 17.8 Å². The lowest BCUT2D eigenvalue weighted by Gasteiger charge is -2.09.